The minimum Gasteiger partial charge on any atom is -0.495 e. The molecule has 0 aliphatic carbocycles. The Morgan fingerprint density at radius 3 is 2.35 bits per heavy atom. The third-order valence-electron chi connectivity index (χ3n) is 4.24. The third-order valence-corrected chi connectivity index (χ3v) is 4.24. The van der Waals surface area contributed by atoms with Crippen LogP contribution < -0.4 is 20.7 Å². The first-order chi connectivity index (χ1) is 12.6. The summed E-state index contributed by atoms with van der Waals surface area (Å²) in [4.78, 5) is 26.1. The first kappa shape index (κ1) is 17.8. The number of carbonyl (C=O) groups is 2. The van der Waals surface area contributed by atoms with Gasteiger partial charge in [-0.1, -0.05) is 0 Å². The number of anilines is 2. The number of nitrogens with one attached hydrogen (secondary N) is 1. The van der Waals surface area contributed by atoms with E-state index in [0.717, 1.165) is 18.8 Å². The van der Waals surface area contributed by atoms with E-state index >= 15 is 0 Å². The lowest BCUT2D eigenvalue weighted by Crippen LogP contribution is -2.36. The Balaban J connectivity index is 1.75. The summed E-state index contributed by atoms with van der Waals surface area (Å²) in [7, 11) is 1.49. The average molecular weight is 355 g/mol. The Morgan fingerprint density at radius 2 is 1.73 bits per heavy atom. The number of benzene rings is 2. The minimum atomic E-state index is -0.571. The van der Waals surface area contributed by atoms with Gasteiger partial charge >= 0.3 is 0 Å². The van der Waals surface area contributed by atoms with Gasteiger partial charge in [0.05, 0.1) is 26.0 Å². The van der Waals surface area contributed by atoms with Crippen LogP contribution in [0.1, 0.15) is 20.7 Å². The molecule has 1 aliphatic heterocycles. The van der Waals surface area contributed by atoms with Crippen molar-refractivity contribution in [3.8, 4) is 5.75 Å². The van der Waals surface area contributed by atoms with Gasteiger partial charge in [0, 0.05) is 29.9 Å². The van der Waals surface area contributed by atoms with Crippen molar-refractivity contribution in [1.29, 1.82) is 0 Å². The van der Waals surface area contributed by atoms with E-state index in [4.69, 9.17) is 15.2 Å². The van der Waals surface area contributed by atoms with Crippen molar-refractivity contribution in [3.05, 3.63) is 53.6 Å². The van der Waals surface area contributed by atoms with E-state index in [1.165, 1.54) is 13.2 Å². The number of nitrogens with zero attached hydrogens (tertiary/aromatic N) is 1. The summed E-state index contributed by atoms with van der Waals surface area (Å²) < 4.78 is 10.6. The van der Waals surface area contributed by atoms with Crippen molar-refractivity contribution in [1.82, 2.24) is 0 Å². The zero-order valence-corrected chi connectivity index (χ0v) is 14.5. The molecule has 3 N–H and O–H groups in total. The monoisotopic (exact) mass is 355 g/mol. The molecule has 0 bridgehead atoms. The van der Waals surface area contributed by atoms with E-state index in [0.29, 0.717) is 35.8 Å². The average Bonchev–Trinajstić information content (AvgIpc) is 2.68. The molecule has 0 aromatic heterocycles. The molecule has 7 heteroatoms. The van der Waals surface area contributed by atoms with Crippen LogP contribution in [-0.2, 0) is 4.74 Å². The van der Waals surface area contributed by atoms with Crippen LogP contribution in [0, 0.1) is 0 Å². The van der Waals surface area contributed by atoms with Crippen molar-refractivity contribution in [2.24, 2.45) is 5.73 Å². The number of amides is 2. The van der Waals surface area contributed by atoms with E-state index in [1.54, 1.807) is 24.3 Å². The van der Waals surface area contributed by atoms with Gasteiger partial charge in [-0.2, -0.15) is 0 Å². The SMILES string of the molecule is COc1ccc(C(N)=O)cc1NC(=O)c1ccc(N2CCOCC2)cc1. The van der Waals surface area contributed by atoms with Crippen LogP contribution in [0.5, 0.6) is 5.75 Å². The molecule has 2 amide bonds. The highest BCUT2D eigenvalue weighted by molar-refractivity contribution is 6.06. The number of nitrogens with two attached hydrogens (primary N) is 1. The summed E-state index contributed by atoms with van der Waals surface area (Å²) in [6.07, 6.45) is 0. The van der Waals surface area contributed by atoms with Crippen LogP contribution >= 0.6 is 0 Å². The summed E-state index contributed by atoms with van der Waals surface area (Å²) in [6, 6.07) is 12.0. The largest absolute Gasteiger partial charge is 0.495 e. The van der Waals surface area contributed by atoms with Crippen molar-refractivity contribution < 1.29 is 19.1 Å². The van der Waals surface area contributed by atoms with E-state index < -0.39 is 5.91 Å². The molecule has 0 saturated carbocycles. The molecular weight excluding hydrogens is 334 g/mol. The molecule has 7 nitrogen and oxygen atoms in total. The quantitative estimate of drug-likeness (QED) is 0.854. The van der Waals surface area contributed by atoms with Crippen LogP contribution in [0.2, 0.25) is 0 Å². The summed E-state index contributed by atoms with van der Waals surface area (Å²) in [5, 5.41) is 2.77. The Hall–Kier alpha value is -3.06. The molecule has 26 heavy (non-hydrogen) atoms. The molecule has 1 fully saturated rings. The van der Waals surface area contributed by atoms with Gasteiger partial charge < -0.3 is 25.4 Å². The maximum atomic E-state index is 12.5. The van der Waals surface area contributed by atoms with Crippen LogP contribution in [0.3, 0.4) is 0 Å². The van der Waals surface area contributed by atoms with Gasteiger partial charge in [-0.05, 0) is 42.5 Å². The van der Waals surface area contributed by atoms with Gasteiger partial charge in [0.2, 0.25) is 5.91 Å². The summed E-state index contributed by atoms with van der Waals surface area (Å²) in [5.74, 6) is -0.412. The number of hydrogen-bond donors (Lipinski definition) is 2. The number of primary amides is 1. The van der Waals surface area contributed by atoms with Crippen molar-refractivity contribution in [2.75, 3.05) is 43.6 Å². The first-order valence-electron chi connectivity index (χ1n) is 8.30. The van der Waals surface area contributed by atoms with Crippen molar-refractivity contribution in [3.63, 3.8) is 0 Å². The fourth-order valence-corrected chi connectivity index (χ4v) is 2.80. The van der Waals surface area contributed by atoms with E-state index in [-0.39, 0.29) is 5.91 Å². The Morgan fingerprint density at radius 1 is 1.08 bits per heavy atom. The molecule has 2 aromatic rings. The van der Waals surface area contributed by atoms with Crippen molar-refractivity contribution in [2.45, 2.75) is 0 Å². The van der Waals surface area contributed by atoms with Crippen LogP contribution in [-0.4, -0.2) is 45.2 Å². The molecule has 0 unspecified atom stereocenters. The highest BCUT2D eigenvalue weighted by Crippen LogP contribution is 2.26. The second-order valence-electron chi connectivity index (χ2n) is 5.88. The van der Waals surface area contributed by atoms with Gasteiger partial charge in [-0.15, -0.1) is 0 Å². The molecule has 1 aliphatic rings. The number of methoxy groups -OCH3 is 1. The number of rotatable bonds is 5. The minimum absolute atomic E-state index is 0.293. The predicted octanol–water partition coefficient (Wildman–Crippen LogP) is 1.88. The second-order valence-corrected chi connectivity index (χ2v) is 5.88. The summed E-state index contributed by atoms with van der Waals surface area (Å²) in [5.41, 5.74) is 7.55. The lowest BCUT2D eigenvalue weighted by molar-refractivity contribution is 0.0996. The topological polar surface area (TPSA) is 93.9 Å². The van der Waals surface area contributed by atoms with E-state index in [9.17, 15) is 9.59 Å². The van der Waals surface area contributed by atoms with Crippen molar-refractivity contribution >= 4 is 23.2 Å². The Kier molecular flexibility index (Phi) is 5.38. The molecule has 1 saturated heterocycles. The van der Waals surface area contributed by atoms with Gasteiger partial charge in [0.1, 0.15) is 5.75 Å². The molecule has 2 aromatic carbocycles. The van der Waals surface area contributed by atoms with Gasteiger partial charge in [-0.25, -0.2) is 0 Å². The van der Waals surface area contributed by atoms with Crippen LogP contribution in [0.15, 0.2) is 42.5 Å². The first-order valence-corrected chi connectivity index (χ1v) is 8.30. The molecule has 136 valence electrons. The zero-order valence-electron chi connectivity index (χ0n) is 14.5. The maximum Gasteiger partial charge on any atom is 0.255 e. The second kappa shape index (κ2) is 7.88. The van der Waals surface area contributed by atoms with Gasteiger partial charge in [-0.3, -0.25) is 9.59 Å². The lowest BCUT2D eigenvalue weighted by atomic mass is 10.1. The standard InChI is InChI=1S/C19H21N3O4/c1-25-17-7-4-14(18(20)23)12-16(17)21-19(24)13-2-5-15(6-3-13)22-8-10-26-11-9-22/h2-7,12H,8-11H2,1H3,(H2,20,23)(H,21,24). The van der Waals surface area contributed by atoms with Gasteiger partial charge in [0.15, 0.2) is 0 Å². The maximum absolute atomic E-state index is 12.5. The fraction of sp³-hybridized carbons (Fsp3) is 0.263. The summed E-state index contributed by atoms with van der Waals surface area (Å²) >= 11 is 0. The third kappa shape index (κ3) is 3.94. The summed E-state index contributed by atoms with van der Waals surface area (Å²) in [6.45, 7) is 3.09. The normalized spacial score (nSPS) is 14.0. The van der Waals surface area contributed by atoms with Crippen LogP contribution in [0.4, 0.5) is 11.4 Å². The van der Waals surface area contributed by atoms with Gasteiger partial charge in [0.25, 0.3) is 5.91 Å². The molecule has 0 atom stereocenters. The lowest BCUT2D eigenvalue weighted by Gasteiger charge is -2.28. The Bertz CT molecular complexity index is 799. The fourth-order valence-electron chi connectivity index (χ4n) is 2.80. The van der Waals surface area contributed by atoms with E-state index in [1.807, 2.05) is 12.1 Å². The van der Waals surface area contributed by atoms with Crippen LogP contribution in [0.25, 0.3) is 0 Å². The Labute approximate surface area is 151 Å². The molecular formula is C19H21N3O4. The molecule has 3 rings (SSSR count). The highest BCUT2D eigenvalue weighted by Gasteiger charge is 2.14. The highest BCUT2D eigenvalue weighted by atomic mass is 16.5. The number of hydrogen-bond acceptors (Lipinski definition) is 5. The molecule has 1 heterocycles. The zero-order chi connectivity index (χ0) is 18.5. The molecule has 0 spiro atoms. The predicted molar refractivity (Wildman–Crippen MR) is 98.9 cm³/mol. The van der Waals surface area contributed by atoms with E-state index in [2.05, 4.69) is 10.2 Å². The number of carbonyl (C=O) groups excluding carboxylic acids is 2. The number of ether oxygens (including phenoxy) is 2. The smallest absolute Gasteiger partial charge is 0.255 e. The number of morpholine rings is 1. The molecule has 0 radical (unpaired) electrons.